The molecular weight excluding hydrogens is 409 g/mol. The normalized spacial score (nSPS) is 15.8. The van der Waals surface area contributed by atoms with E-state index in [-0.39, 0.29) is 0 Å². The summed E-state index contributed by atoms with van der Waals surface area (Å²) in [6, 6.07) is 5.09. The zero-order valence-corrected chi connectivity index (χ0v) is 18.1. The highest BCUT2D eigenvalue weighted by molar-refractivity contribution is 6.42. The van der Waals surface area contributed by atoms with Gasteiger partial charge in [-0.3, -0.25) is 0 Å². The van der Waals surface area contributed by atoms with Gasteiger partial charge in [-0.25, -0.2) is 9.89 Å². The fourth-order valence-corrected chi connectivity index (χ4v) is 2.82. The van der Waals surface area contributed by atoms with Crippen molar-refractivity contribution >= 4 is 29.9 Å². The predicted octanol–water partition coefficient (Wildman–Crippen LogP) is 4.71. The van der Waals surface area contributed by atoms with Gasteiger partial charge in [0.25, 0.3) is 5.82 Å². The molecule has 0 fully saturated rings. The number of hydrogen-bond acceptors (Lipinski definition) is 4. The summed E-state index contributed by atoms with van der Waals surface area (Å²) in [5.74, 6) is 1.87. The number of ether oxygens (including phenoxy) is 1. The second-order valence-corrected chi connectivity index (χ2v) is 7.19. The molecule has 2 rings (SSSR count). The van der Waals surface area contributed by atoms with Crippen molar-refractivity contribution in [1.82, 2.24) is 10.6 Å². The fraction of sp³-hybridized carbons (Fsp3) is 0.227. The van der Waals surface area contributed by atoms with Crippen LogP contribution in [0.4, 0.5) is 0 Å². The minimum absolute atomic E-state index is 0.421. The maximum absolute atomic E-state index is 9.86. The molecule has 1 aromatic carbocycles. The Morgan fingerprint density at radius 3 is 2.72 bits per heavy atom. The predicted molar refractivity (Wildman–Crippen MR) is 120 cm³/mol. The second kappa shape index (κ2) is 10.9. The summed E-state index contributed by atoms with van der Waals surface area (Å²) in [6.45, 7) is 9.44. The first-order chi connectivity index (χ1) is 13.8. The molecule has 0 heterocycles. The lowest BCUT2D eigenvalue weighted by Gasteiger charge is -2.19. The molecule has 0 amide bonds. The summed E-state index contributed by atoms with van der Waals surface area (Å²) in [7, 11) is 1.82. The van der Waals surface area contributed by atoms with Gasteiger partial charge in [-0.15, -0.1) is 0 Å². The number of nitrogens with one attached hydrogen (secondary N) is 2. The lowest BCUT2D eigenvalue weighted by atomic mass is 10.1. The van der Waals surface area contributed by atoms with Crippen molar-refractivity contribution in [2.45, 2.75) is 26.0 Å². The third-order valence-corrected chi connectivity index (χ3v) is 4.82. The summed E-state index contributed by atoms with van der Waals surface area (Å²) in [5, 5.41) is 17.1. The molecule has 0 aliphatic heterocycles. The molecule has 1 atom stereocenters. The quantitative estimate of drug-likeness (QED) is 0.131. The molecule has 0 bridgehead atoms. The number of benzene rings is 1. The van der Waals surface area contributed by atoms with E-state index >= 15 is 0 Å². The van der Waals surface area contributed by atoms with E-state index in [0.717, 1.165) is 24.2 Å². The minimum Gasteiger partial charge on any atom is -0.457 e. The van der Waals surface area contributed by atoms with Gasteiger partial charge in [-0.2, -0.15) is 0 Å². The molecule has 3 N–H and O–H groups in total. The number of aliphatic hydroxyl groups is 1. The van der Waals surface area contributed by atoms with Crippen molar-refractivity contribution in [3.8, 4) is 5.75 Å². The zero-order valence-electron chi connectivity index (χ0n) is 16.6. The van der Waals surface area contributed by atoms with Gasteiger partial charge in [0.05, 0.1) is 35.6 Å². The number of nitrogens with zero attached hydrogens (tertiary/aromatic N) is 1. The van der Waals surface area contributed by atoms with Crippen LogP contribution < -0.4 is 15.4 Å². The third kappa shape index (κ3) is 6.82. The third-order valence-electron chi connectivity index (χ3n) is 4.08. The molecule has 0 radical (unpaired) electrons. The van der Waals surface area contributed by atoms with Crippen molar-refractivity contribution < 1.29 is 14.4 Å². The number of aliphatic hydroxyl groups excluding tert-OH is 1. The van der Waals surface area contributed by atoms with Crippen molar-refractivity contribution in [2.75, 3.05) is 7.05 Å². The van der Waals surface area contributed by atoms with Crippen molar-refractivity contribution in [2.24, 2.45) is 0 Å². The first kappa shape index (κ1) is 22.8. The van der Waals surface area contributed by atoms with Crippen LogP contribution in [0.5, 0.6) is 5.75 Å². The van der Waals surface area contributed by atoms with Gasteiger partial charge in [0, 0.05) is 6.07 Å². The topological polar surface area (TPSA) is 56.5 Å². The van der Waals surface area contributed by atoms with Gasteiger partial charge >= 0.3 is 0 Å². The van der Waals surface area contributed by atoms with E-state index in [0.29, 0.717) is 27.4 Å². The number of hydrogen-bond donors (Lipinski definition) is 3. The maximum Gasteiger partial charge on any atom is 0.282 e. The Morgan fingerprint density at radius 1 is 1.34 bits per heavy atom. The smallest absolute Gasteiger partial charge is 0.282 e. The molecule has 1 aromatic rings. The molecule has 7 heteroatoms. The molecular formula is C22H26Cl2N3O2+. The number of rotatable bonds is 9. The van der Waals surface area contributed by atoms with Crippen LogP contribution in [0.25, 0.3) is 0 Å². The average molecular weight is 435 g/mol. The lowest BCUT2D eigenvalue weighted by Crippen LogP contribution is -2.31. The highest BCUT2D eigenvalue weighted by atomic mass is 35.5. The Morgan fingerprint density at radius 2 is 2.10 bits per heavy atom. The molecule has 29 heavy (non-hydrogen) atoms. The Labute approximate surface area is 182 Å². The van der Waals surface area contributed by atoms with E-state index in [9.17, 15) is 5.11 Å². The SMILES string of the molecule is C=CC(O)NC1=C(NC(=CC(=CC)Oc2ccc(Cl)c(Cl)c2)[N+](=C)C)C=CCC1. The molecule has 1 aliphatic rings. The van der Waals surface area contributed by atoms with Gasteiger partial charge in [-0.1, -0.05) is 35.9 Å². The summed E-state index contributed by atoms with van der Waals surface area (Å²) < 4.78 is 7.62. The van der Waals surface area contributed by atoms with Gasteiger partial charge in [0.2, 0.25) is 0 Å². The van der Waals surface area contributed by atoms with E-state index in [1.54, 1.807) is 22.8 Å². The van der Waals surface area contributed by atoms with Crippen LogP contribution in [0, 0.1) is 0 Å². The van der Waals surface area contributed by atoms with Crippen LogP contribution in [0.3, 0.4) is 0 Å². The Hall–Kier alpha value is -2.47. The lowest BCUT2D eigenvalue weighted by molar-refractivity contribution is -0.439. The van der Waals surface area contributed by atoms with E-state index in [1.807, 2.05) is 32.2 Å². The maximum atomic E-state index is 9.86. The Balaban J connectivity index is 2.27. The van der Waals surface area contributed by atoms with Crippen molar-refractivity contribution in [3.05, 3.63) is 88.2 Å². The van der Waals surface area contributed by atoms with Crippen molar-refractivity contribution in [3.63, 3.8) is 0 Å². The first-order valence-corrected chi connectivity index (χ1v) is 9.88. The van der Waals surface area contributed by atoms with E-state index in [4.69, 9.17) is 27.9 Å². The molecule has 154 valence electrons. The second-order valence-electron chi connectivity index (χ2n) is 6.38. The molecule has 1 unspecified atom stereocenters. The summed E-state index contributed by atoms with van der Waals surface area (Å²) in [4.78, 5) is 0. The van der Waals surface area contributed by atoms with Crippen LogP contribution in [0.2, 0.25) is 10.0 Å². The van der Waals surface area contributed by atoms with E-state index in [2.05, 4.69) is 30.0 Å². The number of halogens is 2. The van der Waals surface area contributed by atoms with Gasteiger partial charge in [0.15, 0.2) is 0 Å². The highest BCUT2D eigenvalue weighted by Gasteiger charge is 2.18. The van der Waals surface area contributed by atoms with Gasteiger partial charge in [-0.05, 0) is 50.1 Å². The first-order valence-electron chi connectivity index (χ1n) is 9.13. The zero-order chi connectivity index (χ0) is 21.4. The van der Waals surface area contributed by atoms with Crippen LogP contribution in [-0.2, 0) is 0 Å². The molecule has 1 aliphatic carbocycles. The van der Waals surface area contributed by atoms with Gasteiger partial charge < -0.3 is 15.2 Å². The highest BCUT2D eigenvalue weighted by Crippen LogP contribution is 2.27. The van der Waals surface area contributed by atoms with Crippen LogP contribution in [0.1, 0.15) is 19.8 Å². The molecule has 5 nitrogen and oxygen atoms in total. The van der Waals surface area contributed by atoms with E-state index in [1.165, 1.54) is 6.08 Å². The van der Waals surface area contributed by atoms with Crippen molar-refractivity contribution in [1.29, 1.82) is 0 Å². The average Bonchev–Trinajstić information content (AvgIpc) is 2.70. The van der Waals surface area contributed by atoms with Gasteiger partial charge in [0.1, 0.15) is 23.4 Å². The fourth-order valence-electron chi connectivity index (χ4n) is 2.53. The van der Waals surface area contributed by atoms with Crippen LogP contribution >= 0.6 is 23.2 Å². The van der Waals surface area contributed by atoms with Crippen LogP contribution in [-0.4, -0.2) is 29.7 Å². The molecule has 0 saturated carbocycles. The Bertz CT molecular complexity index is 901. The monoisotopic (exact) mass is 434 g/mol. The largest absolute Gasteiger partial charge is 0.457 e. The molecule has 0 aromatic heterocycles. The van der Waals surface area contributed by atoms with E-state index < -0.39 is 6.23 Å². The molecule has 0 saturated heterocycles. The molecule has 0 spiro atoms. The van der Waals surface area contributed by atoms with Crippen LogP contribution in [0.15, 0.2) is 78.1 Å². The number of allylic oxidation sites excluding steroid dienone is 5. The Kier molecular flexibility index (Phi) is 8.58. The minimum atomic E-state index is -0.817. The standard InChI is InChI=1S/C22H26Cl2N3O2/c1-5-15(29-16-11-12-17(23)18(24)13-16)14-21(27(3)4)25-19-9-7-8-10-20(19)26-22(28)6-2/h5-7,9,11-14,22,25-26,28H,2-3,8,10H2,1,4H3/q+1. The summed E-state index contributed by atoms with van der Waals surface area (Å²) >= 11 is 12.0. The summed E-state index contributed by atoms with van der Waals surface area (Å²) in [5.41, 5.74) is 1.73. The summed E-state index contributed by atoms with van der Waals surface area (Å²) in [6.07, 6.45) is 9.97.